The van der Waals surface area contributed by atoms with Crippen LogP contribution in [-0.2, 0) is 11.0 Å². The molecule has 0 aliphatic rings. The van der Waals surface area contributed by atoms with Gasteiger partial charge in [-0.1, -0.05) is 40.5 Å². The molecular weight excluding hydrogens is 496 g/mol. The molecule has 1 aromatic carbocycles. The van der Waals surface area contributed by atoms with Crippen LogP contribution in [0.5, 0.6) is 11.5 Å². The fourth-order valence-electron chi connectivity index (χ4n) is 3.78. The van der Waals surface area contributed by atoms with Crippen molar-refractivity contribution in [1.82, 2.24) is 19.9 Å². The Balaban J connectivity index is 1.85. The first-order valence-corrected chi connectivity index (χ1v) is 16.2. The third-order valence-electron chi connectivity index (χ3n) is 7.37. The van der Waals surface area contributed by atoms with Crippen LogP contribution in [0.15, 0.2) is 30.7 Å². The van der Waals surface area contributed by atoms with E-state index in [9.17, 15) is 0 Å². The molecule has 2 heterocycles. The summed E-state index contributed by atoms with van der Waals surface area (Å²) in [5.41, 5.74) is 2.01. The number of ether oxygens (including phenoxy) is 2. The zero-order chi connectivity index (χ0) is 28.0. The maximum Gasteiger partial charge on any atom is 0.223 e. The van der Waals surface area contributed by atoms with Gasteiger partial charge in [0, 0.05) is 18.2 Å². The van der Waals surface area contributed by atoms with Crippen LogP contribution in [0.3, 0.4) is 0 Å². The van der Waals surface area contributed by atoms with Crippen molar-refractivity contribution in [2.45, 2.75) is 84.1 Å². The number of unbranched alkanes of at least 4 members (excludes halogenated alkanes) is 1. The minimum absolute atomic E-state index is 0.140. The van der Waals surface area contributed by atoms with Crippen LogP contribution in [0.4, 0.5) is 11.8 Å². The third kappa shape index (κ3) is 7.32. The lowest BCUT2D eigenvalue weighted by molar-refractivity contribution is 0.214. The van der Waals surface area contributed by atoms with Gasteiger partial charge in [0.25, 0.3) is 0 Å². The molecule has 0 saturated heterocycles. The first-order valence-electron chi connectivity index (χ1n) is 13.3. The van der Waals surface area contributed by atoms with Crippen LogP contribution >= 0.6 is 0 Å². The Morgan fingerprint density at radius 1 is 1.00 bits per heavy atom. The van der Waals surface area contributed by atoms with Crippen molar-refractivity contribution >= 4 is 31.1 Å². The molecule has 3 rings (SSSR count). The molecule has 10 heteroatoms. The molecule has 0 radical (unpaired) electrons. The average Bonchev–Trinajstić information content (AvgIpc) is 2.89. The van der Waals surface area contributed by atoms with Gasteiger partial charge in [-0.05, 0) is 43.6 Å². The number of nitrogens with one attached hydrogen (secondary N) is 2. The van der Waals surface area contributed by atoms with Gasteiger partial charge >= 0.3 is 0 Å². The smallest absolute Gasteiger partial charge is 0.223 e. The zero-order valence-electron chi connectivity index (χ0n) is 24.4. The first kappa shape index (κ1) is 29.6. The molecule has 9 nitrogen and oxygen atoms in total. The highest BCUT2D eigenvalue weighted by molar-refractivity contribution is 6.74. The summed E-state index contributed by atoms with van der Waals surface area (Å²) in [5, 5.41) is 7.13. The summed E-state index contributed by atoms with van der Waals surface area (Å²) in [6, 6.07) is 5.72. The molecule has 0 amide bonds. The number of rotatable bonds is 13. The standard InChI is InChI=1S/C28H44N6O3Si/c1-10-11-14-28(5,18-37-38(8,9)27(2,3)4)34-25-24-22(31-19-32-25)17-30-26(33-24)29-16-20-12-13-21(35-6)15-23(20)36-7/h12-13,15,17,19H,10-11,14,16,18H2,1-9H3,(H,29,30,33)(H,31,32,34)/t28-/m1/s1. The van der Waals surface area contributed by atoms with E-state index in [2.05, 4.69) is 73.3 Å². The van der Waals surface area contributed by atoms with Gasteiger partial charge in [-0.25, -0.2) is 19.9 Å². The minimum atomic E-state index is -1.92. The van der Waals surface area contributed by atoms with Crippen LogP contribution in [-0.4, -0.2) is 54.6 Å². The topological polar surface area (TPSA) is 103 Å². The molecule has 0 fully saturated rings. The van der Waals surface area contributed by atoms with Gasteiger partial charge in [-0.2, -0.15) is 0 Å². The summed E-state index contributed by atoms with van der Waals surface area (Å²) < 4.78 is 17.5. The number of anilines is 2. The van der Waals surface area contributed by atoms with Crippen LogP contribution in [0, 0.1) is 0 Å². The van der Waals surface area contributed by atoms with E-state index < -0.39 is 8.32 Å². The Kier molecular flexibility index (Phi) is 9.53. The van der Waals surface area contributed by atoms with Crippen molar-refractivity contribution < 1.29 is 13.9 Å². The lowest BCUT2D eigenvalue weighted by atomic mass is 9.96. The molecule has 0 unspecified atom stereocenters. The van der Waals surface area contributed by atoms with Crippen LogP contribution in [0.25, 0.3) is 11.0 Å². The van der Waals surface area contributed by atoms with Gasteiger partial charge in [0.15, 0.2) is 14.1 Å². The Bertz CT molecular complexity index is 1220. The summed E-state index contributed by atoms with van der Waals surface area (Å²) in [6.07, 6.45) is 6.42. The highest BCUT2D eigenvalue weighted by Crippen LogP contribution is 2.38. The largest absolute Gasteiger partial charge is 0.497 e. The second kappa shape index (κ2) is 12.3. The predicted octanol–water partition coefficient (Wildman–Crippen LogP) is 6.43. The molecule has 0 bridgehead atoms. The minimum Gasteiger partial charge on any atom is -0.497 e. The van der Waals surface area contributed by atoms with Crippen molar-refractivity contribution in [3.05, 3.63) is 36.3 Å². The van der Waals surface area contributed by atoms with Gasteiger partial charge in [-0.3, -0.25) is 0 Å². The van der Waals surface area contributed by atoms with Crippen LogP contribution < -0.4 is 20.1 Å². The SMILES string of the molecule is CCCC[C@](C)(CO[Si](C)(C)C(C)(C)C)Nc1ncnc2cnc(NCc3ccc(OC)cc3OC)nc12. The van der Waals surface area contributed by atoms with Gasteiger partial charge < -0.3 is 24.5 Å². The maximum absolute atomic E-state index is 6.66. The summed E-state index contributed by atoms with van der Waals surface area (Å²) in [5.74, 6) is 2.64. The van der Waals surface area contributed by atoms with Crippen molar-refractivity contribution in [1.29, 1.82) is 0 Å². The number of fused-ring (bicyclic) bond motifs is 1. The summed E-state index contributed by atoms with van der Waals surface area (Å²) >= 11 is 0. The normalized spacial score (nSPS) is 13.7. The quantitative estimate of drug-likeness (QED) is 0.237. The van der Waals surface area contributed by atoms with Gasteiger partial charge in [0.05, 0.1) is 32.6 Å². The van der Waals surface area contributed by atoms with Crippen molar-refractivity contribution in [2.75, 3.05) is 31.5 Å². The molecule has 2 N–H and O–H groups in total. The molecule has 0 spiro atoms. The van der Waals surface area contributed by atoms with E-state index in [1.807, 2.05) is 18.2 Å². The summed E-state index contributed by atoms with van der Waals surface area (Å²) in [7, 11) is 1.36. The summed E-state index contributed by atoms with van der Waals surface area (Å²) in [6.45, 7) is 16.9. The highest BCUT2D eigenvalue weighted by atomic mass is 28.4. The highest BCUT2D eigenvalue weighted by Gasteiger charge is 2.39. The zero-order valence-corrected chi connectivity index (χ0v) is 25.4. The Morgan fingerprint density at radius 3 is 2.42 bits per heavy atom. The number of benzene rings is 1. The lowest BCUT2D eigenvalue weighted by Gasteiger charge is -2.40. The molecule has 0 aliphatic heterocycles. The lowest BCUT2D eigenvalue weighted by Crippen LogP contribution is -2.48. The second-order valence-electron chi connectivity index (χ2n) is 11.5. The van der Waals surface area contributed by atoms with Crippen LogP contribution in [0.2, 0.25) is 18.1 Å². The van der Waals surface area contributed by atoms with Gasteiger partial charge in [0.1, 0.15) is 28.9 Å². The van der Waals surface area contributed by atoms with Crippen molar-refractivity contribution in [2.24, 2.45) is 0 Å². The molecular formula is C28H44N6O3Si. The number of hydrogen-bond donors (Lipinski definition) is 2. The molecule has 208 valence electrons. The van der Waals surface area contributed by atoms with Crippen molar-refractivity contribution in [3.8, 4) is 11.5 Å². The van der Waals surface area contributed by atoms with E-state index in [0.717, 1.165) is 36.3 Å². The summed E-state index contributed by atoms with van der Waals surface area (Å²) in [4.78, 5) is 18.2. The molecule has 2 aromatic heterocycles. The Morgan fingerprint density at radius 2 is 1.76 bits per heavy atom. The number of nitrogens with zero attached hydrogens (tertiary/aromatic N) is 4. The Labute approximate surface area is 228 Å². The average molecular weight is 541 g/mol. The molecule has 0 aliphatic carbocycles. The molecule has 38 heavy (non-hydrogen) atoms. The predicted molar refractivity (Wildman–Crippen MR) is 157 cm³/mol. The number of hydrogen-bond acceptors (Lipinski definition) is 9. The van der Waals surface area contributed by atoms with E-state index in [4.69, 9.17) is 18.9 Å². The third-order valence-corrected chi connectivity index (χ3v) is 11.8. The van der Waals surface area contributed by atoms with Crippen molar-refractivity contribution in [3.63, 3.8) is 0 Å². The molecule has 3 aromatic rings. The molecule has 1 atom stereocenters. The van der Waals surface area contributed by atoms with E-state index in [0.29, 0.717) is 36.0 Å². The fourth-order valence-corrected chi connectivity index (χ4v) is 4.90. The van der Waals surface area contributed by atoms with Gasteiger partial charge in [-0.15, -0.1) is 0 Å². The van der Waals surface area contributed by atoms with E-state index >= 15 is 0 Å². The fraction of sp³-hybridized carbons (Fsp3) is 0.571. The maximum atomic E-state index is 6.66. The van der Waals surface area contributed by atoms with Gasteiger partial charge in [0.2, 0.25) is 5.95 Å². The monoisotopic (exact) mass is 540 g/mol. The Hall–Kier alpha value is -2.98. The van der Waals surface area contributed by atoms with Crippen LogP contribution in [0.1, 0.15) is 59.4 Å². The van der Waals surface area contributed by atoms with E-state index in [1.165, 1.54) is 0 Å². The molecule has 0 saturated carbocycles. The first-order chi connectivity index (χ1) is 17.9. The van der Waals surface area contributed by atoms with E-state index in [1.54, 1.807) is 26.7 Å². The van der Waals surface area contributed by atoms with E-state index in [-0.39, 0.29) is 10.6 Å². The number of aromatic nitrogens is 4. The second-order valence-corrected chi connectivity index (χ2v) is 16.3. The number of methoxy groups -OCH3 is 2.